The third-order valence-corrected chi connectivity index (χ3v) is 6.51. The van der Waals surface area contributed by atoms with Crippen molar-refractivity contribution in [3.8, 4) is 0 Å². The van der Waals surface area contributed by atoms with Gasteiger partial charge < -0.3 is 20.8 Å². The maximum absolute atomic E-state index is 11.2. The zero-order valence-corrected chi connectivity index (χ0v) is 20.1. The zero-order valence-electron chi connectivity index (χ0n) is 20.1. The minimum atomic E-state index is -0.781. The highest BCUT2D eigenvalue weighted by molar-refractivity contribution is 5.69. The van der Waals surface area contributed by atoms with Gasteiger partial charge in [0.25, 0.3) is 0 Å². The molecule has 0 aliphatic carbocycles. The first-order chi connectivity index (χ1) is 16.5. The second-order valence-corrected chi connectivity index (χ2v) is 9.16. The van der Waals surface area contributed by atoms with Crippen LogP contribution >= 0.6 is 0 Å². The van der Waals surface area contributed by atoms with Crippen molar-refractivity contribution in [3.63, 3.8) is 0 Å². The number of carbonyl (C=O) groups is 2. The molecule has 0 saturated carbocycles. The summed E-state index contributed by atoms with van der Waals surface area (Å²) in [5, 5.41) is 25.2. The van der Waals surface area contributed by atoms with E-state index in [1.807, 2.05) is 9.80 Å². The zero-order chi connectivity index (χ0) is 24.2. The average molecular weight is 477 g/mol. The first-order valence-electron chi connectivity index (χ1n) is 12.3. The molecular formula is C24H40N6O4. The van der Waals surface area contributed by atoms with Gasteiger partial charge in [0.05, 0.1) is 13.1 Å². The van der Waals surface area contributed by atoms with Gasteiger partial charge >= 0.3 is 11.9 Å². The number of hydrogen-bond donors (Lipinski definition) is 4. The molecule has 3 rings (SSSR count). The SMILES string of the molecule is O=C(O)CN1CCNCCN(Cc2ccccc2CN2CCNCCN(CC(=O)O)CC2)CC1. The Labute approximate surface area is 202 Å². The predicted molar refractivity (Wildman–Crippen MR) is 131 cm³/mol. The van der Waals surface area contributed by atoms with Crippen LogP contribution in [-0.4, -0.2) is 133 Å². The molecule has 10 heteroatoms. The number of rotatable bonds is 8. The topological polar surface area (TPSA) is 112 Å². The Morgan fingerprint density at radius 3 is 1.35 bits per heavy atom. The third-order valence-electron chi connectivity index (χ3n) is 6.51. The molecule has 34 heavy (non-hydrogen) atoms. The van der Waals surface area contributed by atoms with Gasteiger partial charge in [-0.25, -0.2) is 0 Å². The van der Waals surface area contributed by atoms with Gasteiger partial charge in [-0.2, -0.15) is 0 Å². The lowest BCUT2D eigenvalue weighted by molar-refractivity contribution is -0.139. The van der Waals surface area contributed by atoms with E-state index in [0.717, 1.165) is 91.6 Å². The van der Waals surface area contributed by atoms with E-state index in [0.29, 0.717) is 0 Å². The molecule has 2 aliphatic rings. The smallest absolute Gasteiger partial charge is 0.317 e. The molecule has 0 bridgehead atoms. The lowest BCUT2D eigenvalue weighted by Gasteiger charge is -2.28. The Morgan fingerprint density at radius 1 is 0.618 bits per heavy atom. The van der Waals surface area contributed by atoms with Gasteiger partial charge in [0, 0.05) is 91.6 Å². The number of benzene rings is 1. The lowest BCUT2D eigenvalue weighted by Crippen LogP contribution is -2.39. The minimum Gasteiger partial charge on any atom is -0.480 e. The van der Waals surface area contributed by atoms with Crippen molar-refractivity contribution in [2.24, 2.45) is 0 Å². The highest BCUT2D eigenvalue weighted by Gasteiger charge is 2.18. The second kappa shape index (κ2) is 14.3. The summed E-state index contributed by atoms with van der Waals surface area (Å²) in [5.41, 5.74) is 2.59. The maximum Gasteiger partial charge on any atom is 0.317 e. The van der Waals surface area contributed by atoms with Crippen molar-refractivity contribution >= 4 is 11.9 Å². The molecule has 1 aromatic rings. The van der Waals surface area contributed by atoms with E-state index in [1.54, 1.807) is 0 Å². The molecule has 2 fully saturated rings. The van der Waals surface area contributed by atoms with Crippen molar-refractivity contribution in [2.45, 2.75) is 13.1 Å². The van der Waals surface area contributed by atoms with Crippen molar-refractivity contribution in [2.75, 3.05) is 91.6 Å². The number of carboxylic acid groups (broad SMARTS) is 2. The summed E-state index contributed by atoms with van der Waals surface area (Å²) >= 11 is 0. The Kier molecular flexibility index (Phi) is 11.2. The second-order valence-electron chi connectivity index (χ2n) is 9.16. The Bertz CT molecular complexity index is 717. The first-order valence-corrected chi connectivity index (χ1v) is 12.3. The van der Waals surface area contributed by atoms with Crippen LogP contribution in [0.5, 0.6) is 0 Å². The van der Waals surface area contributed by atoms with Crippen molar-refractivity contribution < 1.29 is 19.8 Å². The fraction of sp³-hybridized carbons (Fsp3) is 0.667. The molecular weight excluding hydrogens is 436 g/mol. The van der Waals surface area contributed by atoms with Crippen molar-refractivity contribution in [3.05, 3.63) is 35.4 Å². The van der Waals surface area contributed by atoms with Gasteiger partial charge in [-0.15, -0.1) is 0 Å². The van der Waals surface area contributed by atoms with Crippen LogP contribution in [0.1, 0.15) is 11.1 Å². The standard InChI is InChI=1S/C24H40N6O4/c31-23(32)19-29-11-7-25-5-9-27(13-15-29)17-21-3-1-2-4-22(21)18-28-10-6-26-8-12-30(16-14-28)20-24(33)34/h1-4,25-26H,5-20H2,(H,31,32)(H,33,34). The minimum absolute atomic E-state index is 0.0774. The Balaban J connectivity index is 1.62. The Morgan fingerprint density at radius 2 is 0.971 bits per heavy atom. The molecule has 1 aromatic carbocycles. The molecule has 190 valence electrons. The quantitative estimate of drug-likeness (QED) is 0.383. The van der Waals surface area contributed by atoms with Crippen LogP contribution < -0.4 is 10.6 Å². The van der Waals surface area contributed by atoms with Crippen LogP contribution in [0.25, 0.3) is 0 Å². The molecule has 0 unspecified atom stereocenters. The van der Waals surface area contributed by atoms with Gasteiger partial charge in [0.15, 0.2) is 0 Å². The van der Waals surface area contributed by atoms with E-state index in [1.165, 1.54) is 11.1 Å². The Hall–Kier alpha value is -2.08. The van der Waals surface area contributed by atoms with E-state index in [2.05, 4.69) is 44.7 Å². The first kappa shape index (κ1) is 26.5. The van der Waals surface area contributed by atoms with Gasteiger partial charge in [0.2, 0.25) is 0 Å². The number of aliphatic carboxylic acids is 2. The van der Waals surface area contributed by atoms with Gasteiger partial charge in [0.1, 0.15) is 0 Å². The van der Waals surface area contributed by atoms with Crippen LogP contribution in [0.4, 0.5) is 0 Å². The van der Waals surface area contributed by atoms with Crippen LogP contribution in [-0.2, 0) is 22.7 Å². The van der Waals surface area contributed by atoms with E-state index >= 15 is 0 Å². The highest BCUT2D eigenvalue weighted by Crippen LogP contribution is 2.15. The molecule has 4 N–H and O–H groups in total. The average Bonchev–Trinajstić information content (AvgIpc) is 2.96. The monoisotopic (exact) mass is 476 g/mol. The van der Waals surface area contributed by atoms with Crippen LogP contribution in [0, 0.1) is 0 Å². The van der Waals surface area contributed by atoms with Gasteiger partial charge in [-0.1, -0.05) is 24.3 Å². The van der Waals surface area contributed by atoms with E-state index in [-0.39, 0.29) is 13.1 Å². The molecule has 0 aromatic heterocycles. The van der Waals surface area contributed by atoms with E-state index < -0.39 is 11.9 Å². The molecule has 2 aliphatic heterocycles. The summed E-state index contributed by atoms with van der Waals surface area (Å²) in [6.45, 7) is 11.7. The molecule has 2 heterocycles. The molecule has 2 saturated heterocycles. The molecule has 0 radical (unpaired) electrons. The largest absolute Gasteiger partial charge is 0.480 e. The number of carboxylic acids is 2. The fourth-order valence-electron chi connectivity index (χ4n) is 4.57. The molecule has 0 atom stereocenters. The van der Waals surface area contributed by atoms with E-state index in [9.17, 15) is 19.8 Å². The lowest BCUT2D eigenvalue weighted by atomic mass is 10.1. The third kappa shape index (κ3) is 9.65. The maximum atomic E-state index is 11.2. The van der Waals surface area contributed by atoms with Crippen LogP contribution in [0.3, 0.4) is 0 Å². The molecule has 0 spiro atoms. The normalized spacial score (nSPS) is 20.9. The van der Waals surface area contributed by atoms with Crippen LogP contribution in [0.2, 0.25) is 0 Å². The van der Waals surface area contributed by atoms with Gasteiger partial charge in [-0.3, -0.25) is 29.2 Å². The predicted octanol–water partition coefficient (Wildman–Crippen LogP) is -0.730. The summed E-state index contributed by atoms with van der Waals surface area (Å²) in [5.74, 6) is -1.56. The van der Waals surface area contributed by atoms with Crippen molar-refractivity contribution in [1.82, 2.24) is 30.2 Å². The summed E-state index contributed by atoms with van der Waals surface area (Å²) in [7, 11) is 0. The molecule has 10 nitrogen and oxygen atoms in total. The van der Waals surface area contributed by atoms with E-state index in [4.69, 9.17) is 0 Å². The van der Waals surface area contributed by atoms with Gasteiger partial charge in [-0.05, 0) is 11.1 Å². The summed E-state index contributed by atoms with van der Waals surface area (Å²) in [4.78, 5) is 31.2. The summed E-state index contributed by atoms with van der Waals surface area (Å²) in [6.07, 6.45) is 0. The number of hydrogen-bond acceptors (Lipinski definition) is 8. The molecule has 0 amide bonds. The number of nitrogens with zero attached hydrogens (tertiary/aromatic N) is 4. The number of nitrogens with one attached hydrogen (secondary N) is 2. The summed E-state index contributed by atoms with van der Waals surface area (Å²) in [6, 6.07) is 8.54. The highest BCUT2D eigenvalue weighted by atomic mass is 16.4. The van der Waals surface area contributed by atoms with Crippen molar-refractivity contribution in [1.29, 1.82) is 0 Å². The van der Waals surface area contributed by atoms with Crippen LogP contribution in [0.15, 0.2) is 24.3 Å². The fourth-order valence-corrected chi connectivity index (χ4v) is 4.57. The summed E-state index contributed by atoms with van der Waals surface area (Å²) < 4.78 is 0.